The highest BCUT2D eigenvalue weighted by Crippen LogP contribution is 2.33. The van der Waals surface area contributed by atoms with Crippen LogP contribution in [0.1, 0.15) is 33.4 Å². The van der Waals surface area contributed by atoms with Crippen molar-refractivity contribution in [1.29, 1.82) is 0 Å². The van der Waals surface area contributed by atoms with Crippen molar-refractivity contribution in [2.24, 2.45) is 5.16 Å². The Hall–Kier alpha value is -2.01. The van der Waals surface area contributed by atoms with E-state index >= 15 is 0 Å². The Balaban J connectivity index is 2.29. The van der Waals surface area contributed by atoms with E-state index in [1.54, 1.807) is 13.3 Å². The second-order valence-electron chi connectivity index (χ2n) is 5.91. The Morgan fingerprint density at radius 3 is 2.16 bits per heavy atom. The Bertz CT molecular complexity index is 771. The summed E-state index contributed by atoms with van der Waals surface area (Å²) in [6.45, 7) is 9.01. The minimum absolute atomic E-state index is 0.495. The Morgan fingerprint density at radius 2 is 1.60 bits per heavy atom. The molecule has 0 aliphatic heterocycles. The highest BCUT2D eigenvalue weighted by Gasteiger charge is 2.14. The molecule has 2 aromatic carbocycles. The largest absolute Gasteiger partial charge is 0.493 e. The number of methoxy groups -OCH3 is 1. The van der Waals surface area contributed by atoms with E-state index in [1.807, 2.05) is 18.2 Å². The molecule has 0 saturated heterocycles. The molecule has 0 aromatic heterocycles. The van der Waals surface area contributed by atoms with E-state index in [0.717, 1.165) is 5.56 Å². The van der Waals surface area contributed by atoms with Gasteiger partial charge in [-0.1, -0.05) is 21.1 Å². The molecule has 25 heavy (non-hydrogen) atoms. The topological polar surface area (TPSA) is 40.0 Å². The van der Waals surface area contributed by atoms with Crippen LogP contribution in [0.5, 0.6) is 11.5 Å². The summed E-state index contributed by atoms with van der Waals surface area (Å²) < 4.78 is 12.7. The molecule has 5 heteroatoms. The van der Waals surface area contributed by atoms with Gasteiger partial charge in [-0.15, -0.1) is 0 Å². The third-order valence-electron chi connectivity index (χ3n) is 4.56. The van der Waals surface area contributed by atoms with Gasteiger partial charge in [0.2, 0.25) is 0 Å². The van der Waals surface area contributed by atoms with E-state index < -0.39 is 0 Å². The summed E-state index contributed by atoms with van der Waals surface area (Å²) >= 11 is 3.68. The van der Waals surface area contributed by atoms with Crippen LogP contribution in [0.25, 0.3) is 0 Å². The number of ether oxygens (including phenoxy) is 2. The second-order valence-corrected chi connectivity index (χ2v) is 6.70. The highest BCUT2D eigenvalue weighted by molar-refractivity contribution is 9.10. The minimum Gasteiger partial charge on any atom is -0.493 e. The molecule has 0 bridgehead atoms. The fourth-order valence-electron chi connectivity index (χ4n) is 2.71. The average Bonchev–Trinajstić information content (AvgIpc) is 2.63. The maximum atomic E-state index is 6.07. The van der Waals surface area contributed by atoms with Crippen molar-refractivity contribution >= 4 is 22.1 Å². The summed E-state index contributed by atoms with van der Waals surface area (Å²) in [5, 5.41) is 3.77. The molecule has 0 heterocycles. The first-order chi connectivity index (χ1) is 11.9. The lowest BCUT2D eigenvalue weighted by molar-refractivity contribution is 0.215. The number of hydrogen-bond donors (Lipinski definition) is 0. The summed E-state index contributed by atoms with van der Waals surface area (Å²) in [7, 11) is 3.14. The van der Waals surface area contributed by atoms with Crippen LogP contribution in [0.15, 0.2) is 27.8 Å². The summed E-state index contributed by atoms with van der Waals surface area (Å²) in [6, 6.07) is 5.67. The van der Waals surface area contributed by atoms with Gasteiger partial charge in [0.05, 0.1) is 13.3 Å². The van der Waals surface area contributed by atoms with Gasteiger partial charge in [0, 0.05) is 10.0 Å². The number of nitrogens with zero attached hydrogens (tertiary/aromatic N) is 1. The van der Waals surface area contributed by atoms with Crippen LogP contribution in [0, 0.1) is 27.7 Å². The molecule has 0 atom stereocenters. The second kappa shape index (κ2) is 8.39. The van der Waals surface area contributed by atoms with Crippen LogP contribution in [-0.4, -0.2) is 20.4 Å². The zero-order valence-corrected chi connectivity index (χ0v) is 17.2. The molecule has 2 rings (SSSR count). The zero-order chi connectivity index (χ0) is 18.6. The van der Waals surface area contributed by atoms with Crippen LogP contribution in [0.3, 0.4) is 0 Å². The van der Waals surface area contributed by atoms with Gasteiger partial charge in [0.25, 0.3) is 0 Å². The van der Waals surface area contributed by atoms with Gasteiger partial charge < -0.3 is 14.3 Å². The first kappa shape index (κ1) is 19.3. The van der Waals surface area contributed by atoms with Gasteiger partial charge in [-0.25, -0.2) is 0 Å². The van der Waals surface area contributed by atoms with Crippen LogP contribution in [0.4, 0.5) is 0 Å². The van der Waals surface area contributed by atoms with Crippen molar-refractivity contribution < 1.29 is 14.3 Å². The number of oxime groups is 1. The van der Waals surface area contributed by atoms with Crippen LogP contribution >= 0.6 is 15.9 Å². The summed E-state index contributed by atoms with van der Waals surface area (Å²) in [6.07, 6.45) is 1.63. The van der Waals surface area contributed by atoms with E-state index in [0.29, 0.717) is 18.1 Å². The van der Waals surface area contributed by atoms with E-state index in [2.05, 4.69) is 48.8 Å². The molecule has 0 radical (unpaired) electrons. The maximum Gasteiger partial charge on any atom is 0.161 e. The predicted molar refractivity (Wildman–Crippen MR) is 105 cm³/mol. The summed E-state index contributed by atoms with van der Waals surface area (Å²) in [5.41, 5.74) is 7.09. The van der Waals surface area contributed by atoms with Crippen molar-refractivity contribution in [1.82, 2.24) is 0 Å². The molecule has 0 unspecified atom stereocenters. The first-order valence-electron chi connectivity index (χ1n) is 8.02. The van der Waals surface area contributed by atoms with Crippen molar-refractivity contribution in [2.45, 2.75) is 34.3 Å². The molecule has 0 aliphatic carbocycles. The SMILES string of the molecule is CO/N=C\c1ccc(OCc2c(C)c(C)c(Br)c(C)c2C)c(OC)c1. The lowest BCUT2D eigenvalue weighted by Crippen LogP contribution is -2.06. The standard InChI is InChI=1S/C20H24BrNO3/c1-12-14(3)20(21)15(4)13(2)17(12)11-25-18-8-7-16(10-22-24-6)9-19(18)23-5/h7-10H,11H2,1-6H3/b22-10-. The van der Waals surface area contributed by atoms with Gasteiger partial charge in [-0.3, -0.25) is 0 Å². The predicted octanol–water partition coefficient (Wildman–Crippen LogP) is 5.25. The Morgan fingerprint density at radius 1 is 0.960 bits per heavy atom. The van der Waals surface area contributed by atoms with Crippen molar-refractivity contribution in [3.8, 4) is 11.5 Å². The lowest BCUT2D eigenvalue weighted by atomic mass is 9.95. The van der Waals surface area contributed by atoms with Gasteiger partial charge in [-0.05, 0) is 73.7 Å². The van der Waals surface area contributed by atoms with Crippen molar-refractivity contribution in [2.75, 3.05) is 14.2 Å². The zero-order valence-electron chi connectivity index (χ0n) is 15.6. The van der Waals surface area contributed by atoms with E-state index in [4.69, 9.17) is 14.3 Å². The summed E-state index contributed by atoms with van der Waals surface area (Å²) in [5.74, 6) is 1.37. The fraction of sp³-hybridized carbons (Fsp3) is 0.350. The minimum atomic E-state index is 0.495. The quantitative estimate of drug-likeness (QED) is 0.486. The molecular weight excluding hydrogens is 382 g/mol. The van der Waals surface area contributed by atoms with E-state index in [9.17, 15) is 0 Å². The number of halogens is 1. The highest BCUT2D eigenvalue weighted by atomic mass is 79.9. The van der Waals surface area contributed by atoms with Gasteiger partial charge in [-0.2, -0.15) is 0 Å². The maximum absolute atomic E-state index is 6.07. The van der Waals surface area contributed by atoms with Crippen LogP contribution < -0.4 is 9.47 Å². The molecule has 0 fully saturated rings. The number of benzene rings is 2. The Kier molecular flexibility index (Phi) is 6.48. The lowest BCUT2D eigenvalue weighted by Gasteiger charge is -2.19. The molecule has 0 spiro atoms. The molecule has 0 amide bonds. The van der Waals surface area contributed by atoms with Crippen molar-refractivity contribution in [3.05, 3.63) is 56.1 Å². The molecule has 4 nitrogen and oxygen atoms in total. The molecule has 0 N–H and O–H groups in total. The van der Waals surface area contributed by atoms with Gasteiger partial charge in [0.1, 0.15) is 13.7 Å². The van der Waals surface area contributed by atoms with Gasteiger partial charge in [0.15, 0.2) is 11.5 Å². The normalized spacial score (nSPS) is 11.0. The summed E-state index contributed by atoms with van der Waals surface area (Å²) in [4.78, 5) is 4.71. The van der Waals surface area contributed by atoms with Crippen LogP contribution in [0.2, 0.25) is 0 Å². The first-order valence-corrected chi connectivity index (χ1v) is 8.82. The molecule has 134 valence electrons. The van der Waals surface area contributed by atoms with E-state index in [-0.39, 0.29) is 0 Å². The number of hydrogen-bond acceptors (Lipinski definition) is 4. The van der Waals surface area contributed by atoms with Gasteiger partial charge >= 0.3 is 0 Å². The monoisotopic (exact) mass is 405 g/mol. The number of rotatable bonds is 6. The smallest absolute Gasteiger partial charge is 0.161 e. The Labute approximate surface area is 157 Å². The fourth-order valence-corrected chi connectivity index (χ4v) is 3.30. The third kappa shape index (κ3) is 4.15. The molecule has 0 aliphatic rings. The molecule has 2 aromatic rings. The van der Waals surface area contributed by atoms with Crippen LogP contribution in [-0.2, 0) is 11.4 Å². The molecular formula is C20H24BrNO3. The third-order valence-corrected chi connectivity index (χ3v) is 5.75. The average molecular weight is 406 g/mol. The molecule has 0 saturated carbocycles. The van der Waals surface area contributed by atoms with E-state index in [1.165, 1.54) is 39.4 Å². The van der Waals surface area contributed by atoms with Crippen molar-refractivity contribution in [3.63, 3.8) is 0 Å².